The third kappa shape index (κ3) is 5.34. The maximum Gasteiger partial charge on any atom is 0.220 e. The number of fused-ring (bicyclic) bond motifs is 1. The predicted molar refractivity (Wildman–Crippen MR) is 108 cm³/mol. The van der Waals surface area contributed by atoms with Crippen LogP contribution in [0.1, 0.15) is 56.9 Å². The lowest BCUT2D eigenvalue weighted by Gasteiger charge is -2.31. The number of rotatable bonds is 9. The van der Waals surface area contributed by atoms with Crippen molar-refractivity contribution in [2.24, 2.45) is 0 Å². The van der Waals surface area contributed by atoms with Gasteiger partial charge >= 0.3 is 0 Å². The van der Waals surface area contributed by atoms with E-state index in [1.807, 2.05) is 6.07 Å². The number of carbonyl (C=O) groups excluding carboxylic acids is 1. The van der Waals surface area contributed by atoms with Crippen LogP contribution in [0.25, 0.3) is 10.9 Å². The number of nitrogens with one attached hydrogen (secondary N) is 2. The minimum absolute atomic E-state index is 0.185. The molecule has 4 nitrogen and oxygen atoms in total. The van der Waals surface area contributed by atoms with E-state index in [0.29, 0.717) is 6.42 Å². The summed E-state index contributed by atoms with van der Waals surface area (Å²) in [4.78, 5) is 17.8. The van der Waals surface area contributed by atoms with Crippen LogP contribution in [0.3, 0.4) is 0 Å². The molecule has 0 radical (unpaired) electrons. The van der Waals surface area contributed by atoms with Crippen LogP contribution in [0.15, 0.2) is 30.5 Å². The highest BCUT2D eigenvalue weighted by Gasteiger charge is 2.17. The van der Waals surface area contributed by atoms with Crippen LogP contribution < -0.4 is 5.32 Å². The van der Waals surface area contributed by atoms with Crippen molar-refractivity contribution in [3.8, 4) is 0 Å². The Morgan fingerprint density at radius 3 is 2.85 bits per heavy atom. The summed E-state index contributed by atoms with van der Waals surface area (Å²) in [5.74, 6) is 0.185. The monoisotopic (exact) mass is 355 g/mol. The lowest BCUT2D eigenvalue weighted by molar-refractivity contribution is -0.121. The minimum Gasteiger partial charge on any atom is -0.361 e. The van der Waals surface area contributed by atoms with Gasteiger partial charge in [0.15, 0.2) is 0 Å². The van der Waals surface area contributed by atoms with E-state index in [0.717, 1.165) is 38.4 Å². The summed E-state index contributed by atoms with van der Waals surface area (Å²) in [6.07, 6.45) is 12.4. The molecule has 4 heteroatoms. The molecule has 142 valence electrons. The lowest BCUT2D eigenvalue weighted by Crippen LogP contribution is -2.35. The zero-order chi connectivity index (χ0) is 18.2. The molecule has 2 aromatic rings. The van der Waals surface area contributed by atoms with Crippen LogP contribution in [0.4, 0.5) is 0 Å². The Morgan fingerprint density at radius 2 is 2.00 bits per heavy atom. The fourth-order valence-corrected chi connectivity index (χ4v) is 4.13. The van der Waals surface area contributed by atoms with Gasteiger partial charge in [-0.15, -0.1) is 0 Å². The highest BCUT2D eigenvalue weighted by atomic mass is 16.1. The van der Waals surface area contributed by atoms with Gasteiger partial charge in [-0.2, -0.15) is 0 Å². The summed E-state index contributed by atoms with van der Waals surface area (Å²) in [7, 11) is 2.24. The summed E-state index contributed by atoms with van der Waals surface area (Å²) in [6.45, 7) is 1.88. The van der Waals surface area contributed by atoms with Crippen molar-refractivity contribution in [3.63, 3.8) is 0 Å². The van der Waals surface area contributed by atoms with Gasteiger partial charge < -0.3 is 15.2 Å². The van der Waals surface area contributed by atoms with E-state index in [-0.39, 0.29) is 5.91 Å². The molecule has 1 saturated carbocycles. The van der Waals surface area contributed by atoms with Crippen molar-refractivity contribution in [1.82, 2.24) is 15.2 Å². The molecule has 1 amide bonds. The minimum atomic E-state index is 0.185. The van der Waals surface area contributed by atoms with Gasteiger partial charge in [-0.1, -0.05) is 37.5 Å². The standard InChI is InChI=1S/C22H33N3O/c1-25(19-10-3-2-4-11-19)16-8-15-23-22(26)14-7-9-18-17-24-21-13-6-5-12-20(18)21/h5-6,12-13,17,19,24H,2-4,7-11,14-16H2,1H3,(H,23,26). The molecule has 0 spiro atoms. The van der Waals surface area contributed by atoms with E-state index in [1.54, 1.807) is 0 Å². The number of nitrogens with zero attached hydrogens (tertiary/aromatic N) is 1. The van der Waals surface area contributed by atoms with Crippen LogP contribution in [0, 0.1) is 0 Å². The number of benzene rings is 1. The largest absolute Gasteiger partial charge is 0.361 e. The van der Waals surface area contributed by atoms with Crippen molar-refractivity contribution < 1.29 is 4.79 Å². The zero-order valence-electron chi connectivity index (χ0n) is 16.1. The molecule has 0 bridgehead atoms. The number of aromatic amines is 1. The van der Waals surface area contributed by atoms with Crippen molar-refractivity contribution in [2.45, 2.75) is 63.8 Å². The Balaban J connectivity index is 1.28. The van der Waals surface area contributed by atoms with Crippen LogP contribution in [0.5, 0.6) is 0 Å². The number of para-hydroxylation sites is 1. The van der Waals surface area contributed by atoms with Gasteiger partial charge in [0.25, 0.3) is 0 Å². The second-order valence-corrected chi connectivity index (χ2v) is 7.69. The second kappa shape index (κ2) is 9.77. The number of H-pyrrole nitrogens is 1. The first-order chi connectivity index (χ1) is 12.7. The first-order valence-corrected chi connectivity index (χ1v) is 10.3. The quantitative estimate of drug-likeness (QED) is 0.660. The molecule has 1 aliphatic rings. The lowest BCUT2D eigenvalue weighted by atomic mass is 9.94. The molecule has 0 saturated heterocycles. The fraction of sp³-hybridized carbons (Fsp3) is 0.591. The highest BCUT2D eigenvalue weighted by Crippen LogP contribution is 2.21. The first kappa shape index (κ1) is 19.0. The maximum absolute atomic E-state index is 12.0. The van der Waals surface area contributed by atoms with Crippen molar-refractivity contribution >= 4 is 16.8 Å². The second-order valence-electron chi connectivity index (χ2n) is 7.69. The van der Waals surface area contributed by atoms with Crippen LogP contribution in [-0.4, -0.2) is 42.0 Å². The Morgan fingerprint density at radius 1 is 1.19 bits per heavy atom. The van der Waals surface area contributed by atoms with Gasteiger partial charge in [0, 0.05) is 36.1 Å². The summed E-state index contributed by atoms with van der Waals surface area (Å²) < 4.78 is 0. The molecule has 0 atom stereocenters. The van der Waals surface area contributed by atoms with Gasteiger partial charge in [-0.25, -0.2) is 0 Å². The topological polar surface area (TPSA) is 48.1 Å². The van der Waals surface area contributed by atoms with Crippen molar-refractivity contribution in [2.75, 3.05) is 20.1 Å². The maximum atomic E-state index is 12.0. The molecule has 0 unspecified atom stereocenters. The van der Waals surface area contributed by atoms with Gasteiger partial charge in [-0.3, -0.25) is 4.79 Å². The predicted octanol–water partition coefficient (Wildman–Crippen LogP) is 4.26. The molecule has 1 heterocycles. The van der Waals surface area contributed by atoms with Crippen molar-refractivity contribution in [1.29, 1.82) is 0 Å². The Bertz CT molecular complexity index is 688. The smallest absolute Gasteiger partial charge is 0.220 e. The number of hydrogen-bond acceptors (Lipinski definition) is 2. The molecule has 3 rings (SSSR count). The Labute approximate surface area is 157 Å². The number of aryl methyl sites for hydroxylation is 1. The Kier molecular flexibility index (Phi) is 7.13. The summed E-state index contributed by atoms with van der Waals surface area (Å²) in [6, 6.07) is 9.11. The van der Waals surface area contributed by atoms with Gasteiger partial charge in [0.2, 0.25) is 5.91 Å². The fourth-order valence-electron chi connectivity index (χ4n) is 4.13. The number of hydrogen-bond donors (Lipinski definition) is 2. The normalized spacial score (nSPS) is 15.6. The average molecular weight is 356 g/mol. The van der Waals surface area contributed by atoms with E-state index in [4.69, 9.17) is 0 Å². The molecular weight excluding hydrogens is 322 g/mol. The number of aromatic nitrogens is 1. The highest BCUT2D eigenvalue weighted by molar-refractivity contribution is 5.83. The van der Waals surface area contributed by atoms with Gasteiger partial charge in [-0.05, 0) is 57.3 Å². The zero-order valence-corrected chi connectivity index (χ0v) is 16.1. The summed E-state index contributed by atoms with van der Waals surface area (Å²) in [5, 5.41) is 4.36. The third-order valence-electron chi connectivity index (χ3n) is 5.73. The van der Waals surface area contributed by atoms with Gasteiger partial charge in [0.1, 0.15) is 0 Å². The van der Waals surface area contributed by atoms with Crippen molar-refractivity contribution in [3.05, 3.63) is 36.0 Å². The first-order valence-electron chi connectivity index (χ1n) is 10.3. The Hall–Kier alpha value is -1.81. The molecule has 1 aromatic carbocycles. The summed E-state index contributed by atoms with van der Waals surface area (Å²) in [5.41, 5.74) is 2.48. The summed E-state index contributed by atoms with van der Waals surface area (Å²) >= 11 is 0. The van der Waals surface area contributed by atoms with Crippen LogP contribution in [-0.2, 0) is 11.2 Å². The molecule has 2 N–H and O–H groups in total. The SMILES string of the molecule is CN(CCCNC(=O)CCCc1c[nH]c2ccccc12)C1CCCCC1. The third-order valence-corrected chi connectivity index (χ3v) is 5.73. The van der Waals surface area contributed by atoms with Gasteiger partial charge in [0.05, 0.1) is 0 Å². The molecule has 1 aliphatic carbocycles. The van der Waals surface area contributed by atoms with Crippen LogP contribution >= 0.6 is 0 Å². The van der Waals surface area contributed by atoms with Crippen LogP contribution in [0.2, 0.25) is 0 Å². The van der Waals surface area contributed by atoms with E-state index >= 15 is 0 Å². The molecule has 0 aliphatic heterocycles. The van der Waals surface area contributed by atoms with E-state index in [1.165, 1.54) is 48.6 Å². The van der Waals surface area contributed by atoms with E-state index in [2.05, 4.69) is 46.6 Å². The van der Waals surface area contributed by atoms with E-state index < -0.39 is 0 Å². The van der Waals surface area contributed by atoms with E-state index in [9.17, 15) is 4.79 Å². The molecular formula is C22H33N3O. The molecule has 1 fully saturated rings. The molecule has 26 heavy (non-hydrogen) atoms. The number of carbonyl (C=O) groups is 1. The average Bonchev–Trinajstić information content (AvgIpc) is 3.09. The molecule has 1 aromatic heterocycles. The number of amides is 1.